The maximum Gasteiger partial charge on any atom is 0.179 e. The first-order valence-corrected chi connectivity index (χ1v) is 8.06. The SMILES string of the molecule is OC/C(=C/c1cc(Cl)c2c(c1)OCCO2)C1CCCCC1. The monoisotopic (exact) mass is 308 g/mol. The average Bonchev–Trinajstić information content (AvgIpc) is 2.53. The van der Waals surface area contributed by atoms with E-state index in [-0.39, 0.29) is 6.61 Å². The molecular formula is C17H21ClO3. The molecule has 0 radical (unpaired) electrons. The van der Waals surface area contributed by atoms with Crippen LogP contribution in [0, 0.1) is 5.92 Å². The van der Waals surface area contributed by atoms with Crippen molar-refractivity contribution in [2.75, 3.05) is 19.8 Å². The Kier molecular flexibility index (Phi) is 4.71. The van der Waals surface area contributed by atoms with Gasteiger partial charge in [-0.2, -0.15) is 0 Å². The molecule has 2 aliphatic rings. The molecule has 0 saturated heterocycles. The minimum Gasteiger partial charge on any atom is -0.486 e. The molecule has 0 bridgehead atoms. The van der Waals surface area contributed by atoms with Crippen LogP contribution in [0.5, 0.6) is 11.5 Å². The highest BCUT2D eigenvalue weighted by atomic mass is 35.5. The Morgan fingerprint density at radius 1 is 1.19 bits per heavy atom. The van der Waals surface area contributed by atoms with Crippen LogP contribution in [0.25, 0.3) is 6.08 Å². The molecule has 1 N–H and O–H groups in total. The number of halogens is 1. The van der Waals surface area contributed by atoms with E-state index in [1.54, 1.807) is 0 Å². The topological polar surface area (TPSA) is 38.7 Å². The number of hydrogen-bond donors (Lipinski definition) is 1. The summed E-state index contributed by atoms with van der Waals surface area (Å²) >= 11 is 6.26. The summed E-state index contributed by atoms with van der Waals surface area (Å²) in [4.78, 5) is 0. The minimum atomic E-state index is 0.108. The zero-order valence-corrected chi connectivity index (χ0v) is 12.9. The van der Waals surface area contributed by atoms with Crippen molar-refractivity contribution < 1.29 is 14.6 Å². The third-order valence-corrected chi connectivity index (χ3v) is 4.56. The Bertz CT molecular complexity index is 533. The maximum absolute atomic E-state index is 9.69. The van der Waals surface area contributed by atoms with Crippen molar-refractivity contribution in [1.82, 2.24) is 0 Å². The van der Waals surface area contributed by atoms with Gasteiger partial charge in [0.1, 0.15) is 13.2 Å². The molecule has 1 aromatic carbocycles. The molecule has 0 spiro atoms. The predicted molar refractivity (Wildman–Crippen MR) is 84.1 cm³/mol. The van der Waals surface area contributed by atoms with E-state index < -0.39 is 0 Å². The molecule has 3 nitrogen and oxygen atoms in total. The summed E-state index contributed by atoms with van der Waals surface area (Å²) in [5.41, 5.74) is 2.07. The summed E-state index contributed by atoms with van der Waals surface area (Å²) in [6.07, 6.45) is 8.22. The molecule has 1 aromatic rings. The number of fused-ring (bicyclic) bond motifs is 1. The van der Waals surface area contributed by atoms with Crippen molar-refractivity contribution >= 4 is 17.7 Å². The average molecular weight is 309 g/mol. The van der Waals surface area contributed by atoms with Gasteiger partial charge in [-0.1, -0.05) is 36.9 Å². The lowest BCUT2D eigenvalue weighted by Crippen LogP contribution is -2.15. The summed E-state index contributed by atoms with van der Waals surface area (Å²) in [6, 6.07) is 3.83. The molecule has 1 aliphatic carbocycles. The molecule has 4 heteroatoms. The Balaban J connectivity index is 1.88. The number of aliphatic hydroxyl groups is 1. The number of benzene rings is 1. The van der Waals surface area contributed by atoms with Gasteiger partial charge in [0.25, 0.3) is 0 Å². The van der Waals surface area contributed by atoms with Crippen LogP contribution in [0.2, 0.25) is 5.02 Å². The quantitative estimate of drug-likeness (QED) is 0.915. The van der Waals surface area contributed by atoms with Gasteiger partial charge in [0, 0.05) is 0 Å². The van der Waals surface area contributed by atoms with Crippen LogP contribution in [0.1, 0.15) is 37.7 Å². The smallest absolute Gasteiger partial charge is 0.179 e. The Hall–Kier alpha value is -1.19. The fourth-order valence-electron chi connectivity index (χ4n) is 3.19. The molecule has 21 heavy (non-hydrogen) atoms. The normalized spacial score (nSPS) is 19.6. The van der Waals surface area contributed by atoms with E-state index in [2.05, 4.69) is 6.08 Å². The number of rotatable bonds is 3. The molecule has 1 saturated carbocycles. The fraction of sp³-hybridized carbons (Fsp3) is 0.529. The van der Waals surface area contributed by atoms with E-state index in [1.807, 2.05) is 12.1 Å². The second kappa shape index (κ2) is 6.71. The van der Waals surface area contributed by atoms with Gasteiger partial charge in [0.2, 0.25) is 0 Å². The second-order valence-electron chi connectivity index (χ2n) is 5.74. The van der Waals surface area contributed by atoms with Gasteiger partial charge >= 0.3 is 0 Å². The van der Waals surface area contributed by atoms with Crippen molar-refractivity contribution in [1.29, 1.82) is 0 Å². The number of ether oxygens (including phenoxy) is 2. The molecule has 3 rings (SSSR count). The Morgan fingerprint density at radius 3 is 2.71 bits per heavy atom. The van der Waals surface area contributed by atoms with Gasteiger partial charge in [-0.15, -0.1) is 0 Å². The van der Waals surface area contributed by atoms with Crippen molar-refractivity contribution in [3.8, 4) is 11.5 Å². The van der Waals surface area contributed by atoms with E-state index in [9.17, 15) is 5.11 Å². The highest BCUT2D eigenvalue weighted by Gasteiger charge is 2.19. The summed E-state index contributed by atoms with van der Waals surface area (Å²) in [5, 5.41) is 10.3. The lowest BCUT2D eigenvalue weighted by Gasteiger charge is -2.24. The molecule has 0 unspecified atom stereocenters. The molecule has 0 amide bonds. The highest BCUT2D eigenvalue weighted by molar-refractivity contribution is 6.32. The zero-order valence-electron chi connectivity index (χ0n) is 12.1. The molecule has 1 fully saturated rings. The molecule has 114 valence electrons. The molecule has 1 heterocycles. The van der Waals surface area contributed by atoms with Gasteiger partial charge in [-0.3, -0.25) is 0 Å². The molecular weight excluding hydrogens is 288 g/mol. The molecule has 0 aromatic heterocycles. The van der Waals surface area contributed by atoms with Crippen molar-refractivity contribution in [3.05, 3.63) is 28.3 Å². The summed E-state index contributed by atoms with van der Waals surface area (Å²) in [7, 11) is 0. The standard InChI is InChI=1S/C17H21ClO3/c18-15-9-12(10-16-17(15)21-7-6-20-16)8-14(11-19)13-4-2-1-3-5-13/h8-10,13,19H,1-7,11H2/b14-8-. The van der Waals surface area contributed by atoms with Gasteiger partial charge in [-0.05, 0) is 42.0 Å². The Morgan fingerprint density at radius 2 is 1.95 bits per heavy atom. The number of hydrogen-bond acceptors (Lipinski definition) is 3. The first-order valence-electron chi connectivity index (χ1n) is 7.68. The first-order chi connectivity index (χ1) is 10.3. The summed E-state index contributed by atoms with van der Waals surface area (Å²) in [6.45, 7) is 1.19. The van der Waals surface area contributed by atoms with Crippen LogP contribution in [0.3, 0.4) is 0 Å². The first kappa shape index (κ1) is 14.7. The van der Waals surface area contributed by atoms with Crippen LogP contribution in [0.15, 0.2) is 17.7 Å². The molecule has 0 atom stereocenters. The highest BCUT2D eigenvalue weighted by Crippen LogP contribution is 2.39. The summed E-state index contributed by atoms with van der Waals surface area (Å²) in [5.74, 6) is 1.82. The van der Waals surface area contributed by atoms with Crippen LogP contribution in [0.4, 0.5) is 0 Å². The van der Waals surface area contributed by atoms with E-state index in [4.69, 9.17) is 21.1 Å². The number of aliphatic hydroxyl groups excluding tert-OH is 1. The van der Waals surface area contributed by atoms with Crippen LogP contribution >= 0.6 is 11.6 Å². The lowest BCUT2D eigenvalue weighted by molar-refractivity contribution is 0.171. The van der Waals surface area contributed by atoms with E-state index >= 15 is 0 Å². The van der Waals surface area contributed by atoms with E-state index in [1.165, 1.54) is 32.1 Å². The predicted octanol–water partition coefficient (Wildman–Crippen LogP) is 4.07. The maximum atomic E-state index is 9.69. The third-order valence-electron chi connectivity index (χ3n) is 4.28. The fourth-order valence-corrected chi connectivity index (χ4v) is 3.47. The largest absolute Gasteiger partial charge is 0.486 e. The van der Waals surface area contributed by atoms with Crippen molar-refractivity contribution in [3.63, 3.8) is 0 Å². The van der Waals surface area contributed by atoms with Crippen LogP contribution in [-0.4, -0.2) is 24.9 Å². The third kappa shape index (κ3) is 3.35. The zero-order chi connectivity index (χ0) is 14.7. The lowest BCUT2D eigenvalue weighted by atomic mass is 9.83. The van der Waals surface area contributed by atoms with Crippen LogP contribution in [-0.2, 0) is 0 Å². The van der Waals surface area contributed by atoms with Crippen molar-refractivity contribution in [2.45, 2.75) is 32.1 Å². The van der Waals surface area contributed by atoms with Gasteiger partial charge in [0.05, 0.1) is 11.6 Å². The second-order valence-corrected chi connectivity index (χ2v) is 6.15. The van der Waals surface area contributed by atoms with Gasteiger partial charge in [0.15, 0.2) is 11.5 Å². The van der Waals surface area contributed by atoms with Crippen molar-refractivity contribution in [2.24, 2.45) is 5.92 Å². The minimum absolute atomic E-state index is 0.108. The van der Waals surface area contributed by atoms with E-state index in [0.717, 1.165) is 11.1 Å². The Labute approximate surface area is 130 Å². The molecule has 1 aliphatic heterocycles. The van der Waals surface area contributed by atoms with Gasteiger partial charge < -0.3 is 14.6 Å². The van der Waals surface area contributed by atoms with E-state index in [0.29, 0.717) is 35.7 Å². The van der Waals surface area contributed by atoms with Crippen LogP contribution < -0.4 is 9.47 Å². The van der Waals surface area contributed by atoms with Gasteiger partial charge in [-0.25, -0.2) is 0 Å². The summed E-state index contributed by atoms with van der Waals surface area (Å²) < 4.78 is 11.1.